The molecule has 0 bridgehead atoms. The zero-order valence-electron chi connectivity index (χ0n) is 12.8. The molecule has 0 heteroatoms. The van der Waals surface area contributed by atoms with E-state index in [-0.39, 0.29) is 0 Å². The van der Waals surface area contributed by atoms with Crippen LogP contribution in [0.1, 0.15) is 11.1 Å². The van der Waals surface area contributed by atoms with Crippen LogP contribution >= 0.6 is 0 Å². The Labute approximate surface area is 135 Å². The number of hydrogen-bond acceptors (Lipinski definition) is 0. The van der Waals surface area contributed by atoms with Crippen molar-refractivity contribution in [2.45, 2.75) is 6.42 Å². The number of rotatable bonds is 1. The second kappa shape index (κ2) is 4.82. The summed E-state index contributed by atoms with van der Waals surface area (Å²) in [5, 5.41) is 5.27. The quantitative estimate of drug-likeness (QED) is 0.390. The fraction of sp³-hybridized carbons (Fsp3) is 0.0435. The minimum Gasteiger partial charge on any atom is -0.0795 e. The lowest BCUT2D eigenvalue weighted by molar-refractivity contribution is 1.32. The smallest absolute Gasteiger partial charge is 0.00640 e. The lowest BCUT2D eigenvalue weighted by Gasteiger charge is -2.14. The molecule has 0 N–H and O–H groups in total. The summed E-state index contributed by atoms with van der Waals surface area (Å²) < 4.78 is 0. The standard InChI is InChI=1S/C23H16/c1-2-7-17-14-20(13-12-16(17)6-1)23-21-10-4-3-8-18(21)15-19-9-5-11-22(19)23/h1-10,12-15H,11H2. The van der Waals surface area contributed by atoms with Gasteiger partial charge in [-0.25, -0.2) is 0 Å². The summed E-state index contributed by atoms with van der Waals surface area (Å²) in [5.74, 6) is 0. The van der Waals surface area contributed by atoms with Crippen LogP contribution in [-0.4, -0.2) is 0 Å². The molecule has 0 atom stereocenters. The molecule has 4 aromatic rings. The van der Waals surface area contributed by atoms with Gasteiger partial charge in [-0.2, -0.15) is 0 Å². The van der Waals surface area contributed by atoms with E-state index >= 15 is 0 Å². The molecule has 0 amide bonds. The van der Waals surface area contributed by atoms with E-state index in [1.165, 1.54) is 43.8 Å². The van der Waals surface area contributed by atoms with Gasteiger partial charge in [-0.15, -0.1) is 0 Å². The van der Waals surface area contributed by atoms with Gasteiger partial charge in [-0.3, -0.25) is 0 Å². The SMILES string of the molecule is C1=Cc2cc3ccccc3c(-c3ccc4ccccc4c3)c2C1. The molecule has 1 aliphatic rings. The summed E-state index contributed by atoms with van der Waals surface area (Å²) in [4.78, 5) is 0. The van der Waals surface area contributed by atoms with Crippen LogP contribution in [-0.2, 0) is 6.42 Å². The first-order valence-electron chi connectivity index (χ1n) is 8.10. The van der Waals surface area contributed by atoms with Crippen molar-refractivity contribution in [3.8, 4) is 11.1 Å². The second-order valence-electron chi connectivity index (χ2n) is 6.21. The van der Waals surface area contributed by atoms with E-state index in [0.29, 0.717) is 0 Å². The lowest BCUT2D eigenvalue weighted by Crippen LogP contribution is -1.91. The van der Waals surface area contributed by atoms with Crippen LogP contribution in [0.25, 0.3) is 38.7 Å². The molecule has 0 aromatic heterocycles. The Morgan fingerprint density at radius 3 is 2.35 bits per heavy atom. The maximum atomic E-state index is 2.33. The van der Waals surface area contributed by atoms with E-state index in [4.69, 9.17) is 0 Å². The van der Waals surface area contributed by atoms with Crippen molar-refractivity contribution in [2.75, 3.05) is 0 Å². The highest BCUT2D eigenvalue weighted by atomic mass is 14.2. The van der Waals surface area contributed by atoms with Crippen LogP contribution in [0.2, 0.25) is 0 Å². The summed E-state index contributed by atoms with van der Waals surface area (Å²) in [5.41, 5.74) is 5.54. The van der Waals surface area contributed by atoms with Gasteiger partial charge >= 0.3 is 0 Å². The van der Waals surface area contributed by atoms with Crippen LogP contribution in [0, 0.1) is 0 Å². The monoisotopic (exact) mass is 292 g/mol. The van der Waals surface area contributed by atoms with Gasteiger partial charge in [-0.05, 0) is 62.4 Å². The Morgan fingerprint density at radius 2 is 1.43 bits per heavy atom. The topological polar surface area (TPSA) is 0 Å². The number of benzene rings is 4. The fourth-order valence-electron chi connectivity index (χ4n) is 3.76. The molecule has 1 aliphatic carbocycles. The first-order chi connectivity index (χ1) is 11.4. The minimum atomic E-state index is 1.03. The van der Waals surface area contributed by atoms with Crippen molar-refractivity contribution in [1.82, 2.24) is 0 Å². The third-order valence-corrected chi connectivity index (χ3v) is 4.85. The van der Waals surface area contributed by atoms with Gasteiger partial charge in [-0.1, -0.05) is 72.8 Å². The Kier molecular flexibility index (Phi) is 2.65. The third-order valence-electron chi connectivity index (χ3n) is 4.85. The number of allylic oxidation sites excluding steroid dienone is 1. The largest absolute Gasteiger partial charge is 0.0795 e. The van der Waals surface area contributed by atoms with E-state index in [0.717, 1.165) is 6.42 Å². The van der Waals surface area contributed by atoms with Crippen molar-refractivity contribution in [3.05, 3.63) is 90.0 Å². The van der Waals surface area contributed by atoms with E-state index in [1.54, 1.807) is 0 Å². The number of fused-ring (bicyclic) bond motifs is 3. The first-order valence-corrected chi connectivity index (χ1v) is 8.10. The summed E-state index contributed by atoms with van der Waals surface area (Å²) in [6.07, 6.45) is 5.56. The van der Waals surface area contributed by atoms with Crippen molar-refractivity contribution in [2.24, 2.45) is 0 Å². The molecule has 0 spiro atoms. The fourth-order valence-corrected chi connectivity index (χ4v) is 3.76. The Hall–Kier alpha value is -2.86. The van der Waals surface area contributed by atoms with Crippen LogP contribution in [0.3, 0.4) is 0 Å². The minimum absolute atomic E-state index is 1.03. The van der Waals surface area contributed by atoms with E-state index in [9.17, 15) is 0 Å². The van der Waals surface area contributed by atoms with Crippen LogP contribution in [0.5, 0.6) is 0 Å². The Morgan fingerprint density at radius 1 is 0.652 bits per heavy atom. The Bertz CT molecular complexity index is 1080. The third kappa shape index (κ3) is 1.92. The molecule has 0 aliphatic heterocycles. The molecule has 0 saturated heterocycles. The van der Waals surface area contributed by atoms with Crippen molar-refractivity contribution in [3.63, 3.8) is 0 Å². The predicted octanol–water partition coefficient (Wildman–Crippen LogP) is 6.23. The van der Waals surface area contributed by atoms with Crippen molar-refractivity contribution >= 4 is 27.6 Å². The van der Waals surface area contributed by atoms with E-state index in [1.807, 2.05) is 0 Å². The zero-order valence-corrected chi connectivity index (χ0v) is 12.8. The second-order valence-corrected chi connectivity index (χ2v) is 6.21. The van der Waals surface area contributed by atoms with Crippen molar-refractivity contribution in [1.29, 1.82) is 0 Å². The van der Waals surface area contributed by atoms with Gasteiger partial charge in [0.05, 0.1) is 0 Å². The number of hydrogen-bond donors (Lipinski definition) is 0. The first kappa shape index (κ1) is 12.7. The molecule has 5 rings (SSSR count). The molecule has 0 radical (unpaired) electrons. The maximum Gasteiger partial charge on any atom is -0.00640 e. The van der Waals surface area contributed by atoms with Gasteiger partial charge in [0.2, 0.25) is 0 Å². The molecule has 23 heavy (non-hydrogen) atoms. The van der Waals surface area contributed by atoms with Crippen LogP contribution in [0.4, 0.5) is 0 Å². The average molecular weight is 292 g/mol. The molecule has 0 fully saturated rings. The van der Waals surface area contributed by atoms with Gasteiger partial charge in [0.25, 0.3) is 0 Å². The van der Waals surface area contributed by atoms with E-state index < -0.39 is 0 Å². The summed E-state index contributed by atoms with van der Waals surface area (Å²) in [6.45, 7) is 0. The summed E-state index contributed by atoms with van der Waals surface area (Å²) in [6, 6.07) is 26.5. The summed E-state index contributed by atoms with van der Waals surface area (Å²) in [7, 11) is 0. The Balaban J connectivity index is 1.88. The average Bonchev–Trinajstić information content (AvgIpc) is 3.07. The van der Waals surface area contributed by atoms with Crippen LogP contribution in [0.15, 0.2) is 78.9 Å². The van der Waals surface area contributed by atoms with Gasteiger partial charge < -0.3 is 0 Å². The molecule has 4 aromatic carbocycles. The molecule has 108 valence electrons. The molecular formula is C23H16. The highest BCUT2D eigenvalue weighted by molar-refractivity contribution is 6.03. The van der Waals surface area contributed by atoms with Gasteiger partial charge in [0.15, 0.2) is 0 Å². The van der Waals surface area contributed by atoms with Crippen molar-refractivity contribution < 1.29 is 0 Å². The molecule has 0 nitrogen and oxygen atoms in total. The lowest BCUT2D eigenvalue weighted by atomic mass is 9.89. The van der Waals surface area contributed by atoms with Crippen LogP contribution < -0.4 is 0 Å². The normalized spacial score (nSPS) is 12.9. The molecule has 0 heterocycles. The zero-order chi connectivity index (χ0) is 15.2. The van der Waals surface area contributed by atoms with Gasteiger partial charge in [0, 0.05) is 0 Å². The maximum absolute atomic E-state index is 2.33. The van der Waals surface area contributed by atoms with E-state index in [2.05, 4.69) is 84.9 Å². The highest BCUT2D eigenvalue weighted by Crippen LogP contribution is 2.38. The predicted molar refractivity (Wildman–Crippen MR) is 99.6 cm³/mol. The molecular weight excluding hydrogens is 276 g/mol. The highest BCUT2D eigenvalue weighted by Gasteiger charge is 2.16. The summed E-state index contributed by atoms with van der Waals surface area (Å²) >= 11 is 0. The molecule has 0 saturated carbocycles. The molecule has 0 unspecified atom stereocenters. The van der Waals surface area contributed by atoms with Gasteiger partial charge in [0.1, 0.15) is 0 Å².